The Morgan fingerprint density at radius 3 is 2.19 bits per heavy atom. The van der Waals surface area contributed by atoms with Gasteiger partial charge in [-0.05, 0) is 92.8 Å². The third-order valence-corrected chi connectivity index (χ3v) is 10.4. The number of Topliss-reactive ketones (excluding diaryl/α,β-unsaturated/α-hetero) is 1. The van der Waals surface area contributed by atoms with Gasteiger partial charge in [0.2, 0.25) is 0 Å². The highest BCUT2D eigenvalue weighted by molar-refractivity contribution is 7.97. The number of nitrogens with one attached hydrogen (secondary N) is 2. The molecule has 3 atom stereocenters. The van der Waals surface area contributed by atoms with Crippen molar-refractivity contribution in [3.8, 4) is 0 Å². The van der Waals surface area contributed by atoms with Crippen molar-refractivity contribution in [2.45, 2.75) is 114 Å². The quantitative estimate of drug-likeness (QED) is 0.0698. The molecule has 0 spiro atoms. The zero-order valence-electron chi connectivity index (χ0n) is 34.6. The van der Waals surface area contributed by atoms with E-state index in [1.54, 1.807) is 11.8 Å². The van der Waals surface area contributed by atoms with E-state index in [4.69, 9.17) is 17.0 Å². The minimum absolute atomic E-state index is 0.0193. The lowest BCUT2D eigenvalue weighted by Crippen LogP contribution is -2.23. The molecule has 2 aromatic rings. The minimum Gasteiger partial charge on any atom is -0.381 e. The maximum absolute atomic E-state index is 13.6. The average Bonchev–Trinajstić information content (AvgIpc) is 3.12. The molecule has 1 aromatic carbocycles. The summed E-state index contributed by atoms with van der Waals surface area (Å²) in [6, 6.07) is 5.07. The highest BCUT2D eigenvalue weighted by Gasteiger charge is 2.20. The highest BCUT2D eigenvalue weighted by Crippen LogP contribution is 2.30. The van der Waals surface area contributed by atoms with Crippen LogP contribution < -0.4 is 10.6 Å². The molecule has 0 amide bonds. The van der Waals surface area contributed by atoms with Crippen LogP contribution in [0.4, 0.5) is 4.39 Å². The van der Waals surface area contributed by atoms with Gasteiger partial charge in [-0.25, -0.2) is 4.39 Å². The van der Waals surface area contributed by atoms with Crippen molar-refractivity contribution in [2.24, 2.45) is 17.8 Å². The predicted octanol–water partition coefficient (Wildman–Crippen LogP) is 13.2. The molecule has 0 aliphatic heterocycles. The number of aromatic nitrogens is 1. The van der Waals surface area contributed by atoms with Gasteiger partial charge in [0.15, 0.2) is 5.78 Å². The Bertz CT molecular complexity index is 1590. The van der Waals surface area contributed by atoms with Crippen molar-refractivity contribution in [3.63, 3.8) is 0 Å². The molecule has 1 aliphatic rings. The number of carbonyl (C=O) groups is 1. The van der Waals surface area contributed by atoms with E-state index in [0.29, 0.717) is 29.1 Å². The Labute approximate surface area is 334 Å². The number of hydrogen-bond acceptors (Lipinski definition) is 5. The van der Waals surface area contributed by atoms with Gasteiger partial charge in [-0.3, -0.25) is 9.78 Å². The minimum atomic E-state index is -0.529. The first-order chi connectivity index (χ1) is 25.0. The van der Waals surface area contributed by atoms with E-state index in [2.05, 4.69) is 67.0 Å². The molecule has 8 heteroatoms. The summed E-state index contributed by atoms with van der Waals surface area (Å²) in [5, 5.41) is 12.5. The monoisotopic (exact) mass is 783 g/mol. The fraction of sp³-hybridized carbons (Fsp3) is 0.489. The van der Waals surface area contributed by atoms with Gasteiger partial charge in [0.1, 0.15) is 5.82 Å². The van der Waals surface area contributed by atoms with E-state index in [1.807, 2.05) is 65.3 Å². The van der Waals surface area contributed by atoms with Gasteiger partial charge in [-0.2, -0.15) is 11.8 Å². The number of nitrogens with zero attached hydrogens (tertiary/aromatic N) is 1. The molecule has 1 fully saturated rings. The van der Waals surface area contributed by atoms with E-state index in [9.17, 15) is 9.18 Å². The fourth-order valence-corrected chi connectivity index (χ4v) is 6.04. The maximum Gasteiger partial charge on any atom is 0.165 e. The van der Waals surface area contributed by atoms with Gasteiger partial charge in [0, 0.05) is 41.1 Å². The van der Waals surface area contributed by atoms with Crippen molar-refractivity contribution in [1.82, 2.24) is 10.3 Å². The van der Waals surface area contributed by atoms with E-state index in [1.165, 1.54) is 49.1 Å². The van der Waals surface area contributed by atoms with Crippen molar-refractivity contribution in [1.29, 1.82) is 5.41 Å². The lowest BCUT2D eigenvalue weighted by molar-refractivity contribution is 0.0926. The van der Waals surface area contributed by atoms with Gasteiger partial charge < -0.3 is 10.7 Å². The number of benzene rings is 1. The molecule has 0 bridgehead atoms. The first-order valence-electron chi connectivity index (χ1n) is 18.8. The van der Waals surface area contributed by atoms with Crippen LogP contribution in [0.1, 0.15) is 128 Å². The normalized spacial score (nSPS) is 14.6. The predicted molar refractivity (Wildman–Crippen MR) is 240 cm³/mol. The maximum atomic E-state index is 13.6. The number of rotatable bonds is 13. The fourth-order valence-electron chi connectivity index (χ4n) is 5.23. The smallest absolute Gasteiger partial charge is 0.165 e. The largest absolute Gasteiger partial charge is 0.381 e. The number of pyridine rings is 1. The van der Waals surface area contributed by atoms with Crippen LogP contribution in [0.25, 0.3) is 5.57 Å². The van der Waals surface area contributed by atoms with Gasteiger partial charge in [0.05, 0.1) is 16.9 Å². The third kappa shape index (κ3) is 17.5. The molecule has 1 saturated carbocycles. The van der Waals surface area contributed by atoms with Crippen molar-refractivity contribution in [3.05, 3.63) is 111 Å². The number of ketones is 1. The molecule has 4 nitrogen and oxygen atoms in total. The van der Waals surface area contributed by atoms with E-state index >= 15 is 0 Å². The number of hydrogen-bond donors (Lipinski definition) is 2. The summed E-state index contributed by atoms with van der Waals surface area (Å²) in [5.41, 5.74) is 8.48. The summed E-state index contributed by atoms with van der Waals surface area (Å²) in [7, 11) is 2.78. The highest BCUT2D eigenvalue weighted by atomic mass is 35.5. The second kappa shape index (κ2) is 26.9. The van der Waals surface area contributed by atoms with Crippen LogP contribution >= 0.6 is 32.6 Å². The summed E-state index contributed by atoms with van der Waals surface area (Å²) < 4.78 is 13.6. The number of thioether (sulfide) groups is 1. The molecule has 294 valence electrons. The molecule has 3 unspecified atom stereocenters. The van der Waals surface area contributed by atoms with Crippen LogP contribution in [0.2, 0.25) is 5.02 Å². The van der Waals surface area contributed by atoms with Crippen molar-refractivity contribution in [2.75, 3.05) is 12.5 Å². The summed E-state index contributed by atoms with van der Waals surface area (Å²) in [4.78, 5) is 17.0. The van der Waals surface area contributed by atoms with E-state index in [-0.39, 0.29) is 16.7 Å². The zero-order chi connectivity index (χ0) is 40.8. The molecule has 3 rings (SSSR count). The number of carbonyl (C=O) groups excluding carboxylic acids is 1. The van der Waals surface area contributed by atoms with Crippen molar-refractivity contribution < 1.29 is 9.18 Å². The SMILES string of the molecule is C=C(NCc1ccc(C(=O)C(C)CC)c(CC)c1P)/C(C=N)=C(\C=C(C)C)c1ncc(F)cc1Cl.C=C1CCC(C)C(=C)C1.CCC(C)CC.CSC. The Hall–Kier alpha value is -2.79. The lowest BCUT2D eigenvalue weighted by Gasteiger charge is -2.21. The summed E-state index contributed by atoms with van der Waals surface area (Å²) >= 11 is 8.04. The summed E-state index contributed by atoms with van der Waals surface area (Å²) in [5.74, 6) is 1.29. The number of allylic oxidation sites excluding steroid dienone is 6. The first kappa shape index (κ1) is 50.2. The Morgan fingerprint density at radius 1 is 1.15 bits per heavy atom. The molecule has 1 aliphatic carbocycles. The standard InChI is InChI=1S/C28H34ClFN3OP.C9H14.C6H14.C2H6S/c1-7-17(5)27(34)22-10-9-19(28(35)21(22)8-2)14-32-18(6)24(13-31)23(11-16(3)4)26-25(29)12-20(30)15-33-26;1-7-4-5-8(2)9(3)6-7;1-4-6(3)5-2;1-3-2/h9-13,15,17,31-32H,6-8,14,35H2,1-5H3;8H,1,3-6H2,2H3;6H,4-5H2,1-3H3;1-2H3/b24-23+,31-13?;;;. The van der Waals surface area contributed by atoms with Crippen LogP contribution in [-0.4, -0.2) is 29.5 Å². The Morgan fingerprint density at radius 2 is 1.75 bits per heavy atom. The Kier molecular flexibility index (Phi) is 25.5. The second-order valence-corrected chi connectivity index (χ2v) is 15.9. The van der Waals surface area contributed by atoms with Gasteiger partial charge in [-0.1, -0.05) is 128 Å². The molecule has 0 saturated heterocycles. The summed E-state index contributed by atoms with van der Waals surface area (Å²) in [6.07, 6.45) is 16.0. The molecular weight excluding hydrogens is 716 g/mol. The topological polar surface area (TPSA) is 65.8 Å². The van der Waals surface area contributed by atoms with Gasteiger partial charge in [-0.15, -0.1) is 9.24 Å². The lowest BCUT2D eigenvalue weighted by atomic mass is 9.84. The molecule has 1 aromatic heterocycles. The zero-order valence-corrected chi connectivity index (χ0v) is 37.3. The Balaban J connectivity index is 0.00000122. The van der Waals surface area contributed by atoms with Gasteiger partial charge in [0.25, 0.3) is 0 Å². The van der Waals surface area contributed by atoms with E-state index in [0.717, 1.165) is 64.9 Å². The second-order valence-electron chi connectivity index (χ2n) is 14.1. The molecule has 1 heterocycles. The molecule has 53 heavy (non-hydrogen) atoms. The average molecular weight is 785 g/mol. The van der Waals surface area contributed by atoms with Crippen LogP contribution in [0.3, 0.4) is 0 Å². The van der Waals surface area contributed by atoms with Crippen LogP contribution in [-0.2, 0) is 13.0 Å². The third-order valence-electron chi connectivity index (χ3n) is 9.37. The first-order valence-corrected chi connectivity index (χ1v) is 21.4. The van der Waals surface area contributed by atoms with Gasteiger partial charge >= 0.3 is 0 Å². The molecule has 0 radical (unpaired) electrons. The molecular formula is C45H68ClFN3OPS. The van der Waals surface area contributed by atoms with Crippen LogP contribution in [0, 0.1) is 29.0 Å². The van der Waals surface area contributed by atoms with Crippen LogP contribution in [0.5, 0.6) is 0 Å². The number of halogens is 2. The molecule has 2 N–H and O–H groups in total. The van der Waals surface area contributed by atoms with E-state index < -0.39 is 5.82 Å². The van der Waals surface area contributed by atoms with Crippen molar-refractivity contribution >= 4 is 55.5 Å². The summed E-state index contributed by atoms with van der Waals surface area (Å²) in [6.45, 7) is 31.4. The van der Waals surface area contributed by atoms with Crippen LogP contribution in [0.15, 0.2) is 78.2 Å².